The van der Waals surface area contributed by atoms with Gasteiger partial charge >= 0.3 is 0 Å². The highest BCUT2D eigenvalue weighted by molar-refractivity contribution is 14.0. The van der Waals surface area contributed by atoms with Gasteiger partial charge in [-0.25, -0.2) is 0 Å². The lowest BCUT2D eigenvalue weighted by atomic mass is 9.99. The van der Waals surface area contributed by atoms with Crippen LogP contribution < -0.4 is 15.4 Å². The maximum atomic E-state index is 11.4. The number of anilines is 1. The fourth-order valence-electron chi connectivity index (χ4n) is 3.80. The van der Waals surface area contributed by atoms with Crippen LogP contribution in [0.5, 0.6) is 5.75 Å². The van der Waals surface area contributed by atoms with Gasteiger partial charge < -0.3 is 20.3 Å². The fourth-order valence-corrected chi connectivity index (χ4v) is 3.80. The van der Waals surface area contributed by atoms with Crippen molar-refractivity contribution in [1.82, 2.24) is 10.2 Å². The number of rotatable bonds is 6. The molecule has 30 heavy (non-hydrogen) atoms. The topological polar surface area (TPSA) is 66.0 Å². The summed E-state index contributed by atoms with van der Waals surface area (Å²) >= 11 is 0. The fraction of sp³-hybridized carbons (Fsp3) is 0.391. The normalized spacial score (nSPS) is 16.0. The van der Waals surface area contributed by atoms with Crippen LogP contribution in [0.3, 0.4) is 0 Å². The van der Waals surface area contributed by atoms with E-state index in [-0.39, 0.29) is 29.9 Å². The second kappa shape index (κ2) is 11.8. The number of aliphatic imine (C=N–C) groups is 1. The molecule has 1 aliphatic heterocycles. The number of hydrogen-bond donors (Lipinski definition) is 2. The third-order valence-electron chi connectivity index (χ3n) is 5.19. The maximum Gasteiger partial charge on any atom is 0.221 e. The Balaban J connectivity index is 0.00000320. The summed E-state index contributed by atoms with van der Waals surface area (Å²) in [4.78, 5) is 18.2. The average molecular weight is 522 g/mol. The molecule has 3 rings (SSSR count). The molecule has 1 unspecified atom stereocenters. The van der Waals surface area contributed by atoms with E-state index < -0.39 is 0 Å². The number of carbonyl (C=O) groups excluding carboxylic acids is 1. The van der Waals surface area contributed by atoms with Gasteiger partial charge in [-0.05, 0) is 42.0 Å². The molecule has 1 aliphatic rings. The summed E-state index contributed by atoms with van der Waals surface area (Å²) in [6.07, 6.45) is 2.28. The van der Waals surface area contributed by atoms with Gasteiger partial charge in [-0.2, -0.15) is 0 Å². The molecule has 2 aromatic rings. The molecule has 0 aromatic heterocycles. The minimum atomic E-state index is -0.120. The molecule has 1 fully saturated rings. The molecule has 162 valence electrons. The first-order chi connectivity index (χ1) is 14.1. The molecule has 0 radical (unpaired) electrons. The van der Waals surface area contributed by atoms with Crippen molar-refractivity contribution in [3.05, 3.63) is 59.7 Å². The van der Waals surface area contributed by atoms with E-state index in [4.69, 9.17) is 4.74 Å². The number of halogens is 1. The molecule has 1 heterocycles. The lowest BCUT2D eigenvalue weighted by Gasteiger charge is -2.22. The Morgan fingerprint density at radius 3 is 2.63 bits per heavy atom. The second-order valence-corrected chi connectivity index (χ2v) is 7.41. The summed E-state index contributed by atoms with van der Waals surface area (Å²) in [6.45, 7) is 4.14. The van der Waals surface area contributed by atoms with E-state index in [9.17, 15) is 4.79 Å². The van der Waals surface area contributed by atoms with Crippen molar-refractivity contribution in [3.8, 4) is 5.75 Å². The van der Waals surface area contributed by atoms with Crippen LogP contribution in [-0.2, 0) is 17.8 Å². The molecule has 0 saturated carbocycles. The minimum absolute atomic E-state index is 0. The maximum absolute atomic E-state index is 11.4. The monoisotopic (exact) mass is 522 g/mol. The van der Waals surface area contributed by atoms with E-state index in [1.807, 2.05) is 25.2 Å². The molecule has 1 saturated heterocycles. The van der Waals surface area contributed by atoms with Crippen LogP contribution in [0, 0.1) is 5.92 Å². The zero-order valence-corrected chi connectivity index (χ0v) is 20.2. The van der Waals surface area contributed by atoms with Crippen LogP contribution >= 0.6 is 24.0 Å². The van der Waals surface area contributed by atoms with Gasteiger partial charge in [-0.1, -0.05) is 36.4 Å². The van der Waals surface area contributed by atoms with Gasteiger partial charge in [0.05, 0.1) is 12.8 Å². The largest absolute Gasteiger partial charge is 0.495 e. The SMILES string of the molecule is CN=C(NCc1ccc(OC)c(NC(C)=O)c1)N1CCC(Cc2ccccc2)C1.I. The predicted octanol–water partition coefficient (Wildman–Crippen LogP) is 3.91. The van der Waals surface area contributed by atoms with Gasteiger partial charge in [-0.3, -0.25) is 9.79 Å². The molecule has 1 amide bonds. The number of benzene rings is 2. The standard InChI is InChI=1S/C23H30N4O2.HI/c1-17(28)26-21-14-19(9-10-22(21)29-3)15-25-23(24-2)27-12-11-20(16-27)13-18-7-5-4-6-8-18;/h4-10,14,20H,11-13,15-16H2,1-3H3,(H,24,25)(H,26,28);1H. The number of amides is 1. The van der Waals surface area contributed by atoms with Gasteiger partial charge in [0.1, 0.15) is 5.75 Å². The van der Waals surface area contributed by atoms with E-state index in [0.29, 0.717) is 23.9 Å². The molecule has 0 bridgehead atoms. The average Bonchev–Trinajstić information content (AvgIpc) is 3.17. The first-order valence-corrected chi connectivity index (χ1v) is 10.0. The van der Waals surface area contributed by atoms with Crippen LogP contribution in [0.1, 0.15) is 24.5 Å². The van der Waals surface area contributed by atoms with Crippen LogP contribution in [-0.4, -0.2) is 44.0 Å². The van der Waals surface area contributed by atoms with E-state index in [2.05, 4.69) is 50.9 Å². The summed E-state index contributed by atoms with van der Waals surface area (Å²) in [5.41, 5.74) is 3.13. The van der Waals surface area contributed by atoms with Crippen LogP contribution in [0.25, 0.3) is 0 Å². The number of ether oxygens (including phenoxy) is 1. The molecule has 1 atom stereocenters. The van der Waals surface area contributed by atoms with Gasteiger partial charge in [0.2, 0.25) is 5.91 Å². The van der Waals surface area contributed by atoms with Gasteiger partial charge in [0.25, 0.3) is 0 Å². The van der Waals surface area contributed by atoms with E-state index >= 15 is 0 Å². The Morgan fingerprint density at radius 1 is 1.20 bits per heavy atom. The Kier molecular flexibility index (Phi) is 9.42. The summed E-state index contributed by atoms with van der Waals surface area (Å²) in [5.74, 6) is 2.09. The lowest BCUT2D eigenvalue weighted by Crippen LogP contribution is -2.39. The highest BCUT2D eigenvalue weighted by Gasteiger charge is 2.24. The molecule has 2 aromatic carbocycles. The quantitative estimate of drug-likeness (QED) is 0.343. The van der Waals surface area contributed by atoms with Gasteiger partial charge in [0, 0.05) is 33.6 Å². The van der Waals surface area contributed by atoms with Crippen molar-refractivity contribution in [1.29, 1.82) is 0 Å². The van der Waals surface area contributed by atoms with Crippen molar-refractivity contribution in [2.75, 3.05) is 32.6 Å². The number of nitrogens with zero attached hydrogens (tertiary/aromatic N) is 2. The number of carbonyl (C=O) groups is 1. The number of likely N-dealkylation sites (tertiary alicyclic amines) is 1. The van der Waals surface area contributed by atoms with E-state index in [1.54, 1.807) is 7.11 Å². The summed E-state index contributed by atoms with van der Waals surface area (Å²) in [7, 11) is 3.42. The first-order valence-electron chi connectivity index (χ1n) is 10.0. The lowest BCUT2D eigenvalue weighted by molar-refractivity contribution is -0.114. The summed E-state index contributed by atoms with van der Waals surface area (Å²) in [6, 6.07) is 16.5. The van der Waals surface area contributed by atoms with Crippen LogP contribution in [0.15, 0.2) is 53.5 Å². The van der Waals surface area contributed by atoms with Gasteiger partial charge in [-0.15, -0.1) is 24.0 Å². The molecular weight excluding hydrogens is 491 g/mol. The molecule has 0 spiro atoms. The number of hydrogen-bond acceptors (Lipinski definition) is 3. The Labute approximate surface area is 196 Å². The highest BCUT2D eigenvalue weighted by atomic mass is 127. The van der Waals surface area contributed by atoms with Crippen molar-refractivity contribution in [2.24, 2.45) is 10.9 Å². The number of guanidine groups is 1. The Bertz CT molecular complexity index is 858. The van der Waals surface area contributed by atoms with Gasteiger partial charge in [0.15, 0.2) is 5.96 Å². The molecular formula is C23H31IN4O2. The Hall–Kier alpha value is -2.29. The van der Waals surface area contributed by atoms with Crippen molar-refractivity contribution in [2.45, 2.75) is 26.3 Å². The predicted molar refractivity (Wildman–Crippen MR) is 133 cm³/mol. The summed E-state index contributed by atoms with van der Waals surface area (Å²) in [5, 5.41) is 6.27. The zero-order valence-electron chi connectivity index (χ0n) is 17.9. The van der Waals surface area contributed by atoms with E-state index in [0.717, 1.165) is 31.0 Å². The Morgan fingerprint density at radius 2 is 1.97 bits per heavy atom. The number of methoxy groups -OCH3 is 1. The molecule has 7 heteroatoms. The van der Waals surface area contributed by atoms with Crippen molar-refractivity contribution < 1.29 is 9.53 Å². The van der Waals surface area contributed by atoms with Crippen LogP contribution in [0.2, 0.25) is 0 Å². The van der Waals surface area contributed by atoms with Crippen molar-refractivity contribution >= 4 is 41.5 Å². The third-order valence-corrected chi connectivity index (χ3v) is 5.19. The molecule has 6 nitrogen and oxygen atoms in total. The number of nitrogens with one attached hydrogen (secondary N) is 2. The second-order valence-electron chi connectivity index (χ2n) is 7.41. The molecule has 0 aliphatic carbocycles. The highest BCUT2D eigenvalue weighted by Crippen LogP contribution is 2.26. The van der Waals surface area contributed by atoms with Crippen LogP contribution in [0.4, 0.5) is 5.69 Å². The molecule has 2 N–H and O–H groups in total. The van der Waals surface area contributed by atoms with Crippen molar-refractivity contribution in [3.63, 3.8) is 0 Å². The minimum Gasteiger partial charge on any atom is -0.495 e. The smallest absolute Gasteiger partial charge is 0.221 e. The zero-order chi connectivity index (χ0) is 20.6. The first kappa shape index (κ1) is 24.0. The van der Waals surface area contributed by atoms with E-state index in [1.165, 1.54) is 18.9 Å². The summed E-state index contributed by atoms with van der Waals surface area (Å²) < 4.78 is 5.32. The third kappa shape index (κ3) is 6.62.